The van der Waals surface area contributed by atoms with E-state index in [1.807, 2.05) is 7.05 Å². The van der Waals surface area contributed by atoms with Gasteiger partial charge < -0.3 is 19.9 Å². The van der Waals surface area contributed by atoms with Crippen molar-refractivity contribution in [1.82, 2.24) is 15.1 Å². The van der Waals surface area contributed by atoms with E-state index in [0.717, 1.165) is 57.1 Å². The summed E-state index contributed by atoms with van der Waals surface area (Å²) in [6.07, 6.45) is 1.33. The first-order valence-corrected chi connectivity index (χ1v) is 7.69. The smallest absolute Gasteiger partial charge is 0.193 e. The summed E-state index contributed by atoms with van der Waals surface area (Å²) in [4.78, 5) is 9.09. The maximum atomic E-state index is 5.09. The van der Waals surface area contributed by atoms with Crippen LogP contribution in [-0.2, 0) is 4.74 Å². The second-order valence-corrected chi connectivity index (χ2v) is 6.12. The molecule has 0 aromatic carbocycles. The third kappa shape index (κ3) is 8.21. The van der Waals surface area contributed by atoms with Gasteiger partial charge in [-0.05, 0) is 25.3 Å². The number of nitrogens with one attached hydrogen (secondary N) is 1. The minimum absolute atomic E-state index is 0. The Bertz CT molecular complexity index is 291. The minimum atomic E-state index is 0. The number of ether oxygens (including phenoxy) is 1. The molecule has 1 heterocycles. The second-order valence-electron chi connectivity index (χ2n) is 6.12. The van der Waals surface area contributed by atoms with Crippen LogP contribution in [0.15, 0.2) is 4.99 Å². The number of methoxy groups -OCH3 is 1. The molecule has 0 aromatic heterocycles. The Morgan fingerprint density at radius 3 is 2.43 bits per heavy atom. The zero-order chi connectivity index (χ0) is 15.0. The van der Waals surface area contributed by atoms with Crippen LogP contribution < -0.4 is 5.32 Å². The van der Waals surface area contributed by atoms with Crippen molar-refractivity contribution in [3.63, 3.8) is 0 Å². The molecular weight excluding hydrogens is 379 g/mol. The van der Waals surface area contributed by atoms with Crippen LogP contribution in [0.25, 0.3) is 0 Å². The fraction of sp³-hybridized carbons (Fsp3) is 0.933. The third-order valence-electron chi connectivity index (χ3n) is 3.83. The average Bonchev–Trinajstić information content (AvgIpc) is 2.40. The molecule has 0 amide bonds. The largest absolute Gasteiger partial charge is 0.383 e. The fourth-order valence-electron chi connectivity index (χ4n) is 2.89. The lowest BCUT2D eigenvalue weighted by molar-refractivity contribution is 0.161. The molecule has 2 unspecified atom stereocenters. The quantitative estimate of drug-likeness (QED) is 0.410. The van der Waals surface area contributed by atoms with Gasteiger partial charge in [0, 0.05) is 46.9 Å². The second kappa shape index (κ2) is 11.5. The molecule has 0 radical (unpaired) electrons. The lowest BCUT2D eigenvalue weighted by Gasteiger charge is -2.37. The number of nitrogens with zero attached hydrogens (tertiary/aromatic N) is 3. The predicted octanol–water partition coefficient (Wildman–Crippen LogP) is 1.74. The summed E-state index contributed by atoms with van der Waals surface area (Å²) in [5.74, 6) is 2.55. The number of likely N-dealkylation sites (N-methyl/N-ethyl adjacent to an activating group) is 1. The number of rotatable bonds is 6. The number of piperidine rings is 1. The van der Waals surface area contributed by atoms with Gasteiger partial charge in [0.05, 0.1) is 6.61 Å². The molecule has 126 valence electrons. The fourth-order valence-corrected chi connectivity index (χ4v) is 2.89. The number of hydrogen-bond donors (Lipinski definition) is 1. The molecule has 6 heteroatoms. The van der Waals surface area contributed by atoms with Crippen molar-refractivity contribution in [2.24, 2.45) is 16.8 Å². The molecule has 0 aromatic rings. The van der Waals surface area contributed by atoms with Crippen molar-refractivity contribution in [3.05, 3.63) is 0 Å². The van der Waals surface area contributed by atoms with Gasteiger partial charge in [0.1, 0.15) is 0 Å². The van der Waals surface area contributed by atoms with Crippen LogP contribution in [0.4, 0.5) is 0 Å². The number of aliphatic imine (C=N–C) groups is 1. The summed E-state index contributed by atoms with van der Waals surface area (Å²) in [6, 6.07) is 0. The number of halogens is 1. The molecule has 2 atom stereocenters. The van der Waals surface area contributed by atoms with Gasteiger partial charge in [-0.2, -0.15) is 0 Å². The van der Waals surface area contributed by atoms with Gasteiger partial charge in [0.15, 0.2) is 5.96 Å². The molecule has 5 nitrogen and oxygen atoms in total. The Morgan fingerprint density at radius 1 is 1.29 bits per heavy atom. The Labute approximate surface area is 147 Å². The van der Waals surface area contributed by atoms with Crippen molar-refractivity contribution >= 4 is 29.9 Å². The Morgan fingerprint density at radius 2 is 1.90 bits per heavy atom. The SMILES string of the molecule is CN=C(NCCN(C)CCOC)N1CC(C)CC(C)C1.I. The monoisotopic (exact) mass is 412 g/mol. The zero-order valence-corrected chi connectivity index (χ0v) is 16.6. The van der Waals surface area contributed by atoms with E-state index in [1.54, 1.807) is 7.11 Å². The molecular formula is C15H33IN4O. The Kier molecular flexibility index (Phi) is 11.4. The lowest BCUT2D eigenvalue weighted by Crippen LogP contribution is -2.49. The van der Waals surface area contributed by atoms with Gasteiger partial charge in [-0.1, -0.05) is 13.8 Å². The summed E-state index contributed by atoms with van der Waals surface area (Å²) < 4.78 is 5.09. The summed E-state index contributed by atoms with van der Waals surface area (Å²) >= 11 is 0. The molecule has 0 aliphatic carbocycles. The van der Waals surface area contributed by atoms with E-state index >= 15 is 0 Å². The summed E-state index contributed by atoms with van der Waals surface area (Å²) in [6.45, 7) is 10.6. The van der Waals surface area contributed by atoms with E-state index in [9.17, 15) is 0 Å². The molecule has 0 spiro atoms. The Balaban J connectivity index is 0.00000400. The first-order chi connectivity index (χ1) is 9.56. The molecule has 1 saturated heterocycles. The van der Waals surface area contributed by atoms with Crippen molar-refractivity contribution in [3.8, 4) is 0 Å². The highest BCUT2D eigenvalue weighted by molar-refractivity contribution is 14.0. The molecule has 21 heavy (non-hydrogen) atoms. The van der Waals surface area contributed by atoms with Gasteiger partial charge >= 0.3 is 0 Å². The highest BCUT2D eigenvalue weighted by Gasteiger charge is 2.23. The molecule has 1 N–H and O–H groups in total. The molecule has 1 aliphatic heterocycles. The molecule has 0 bridgehead atoms. The van der Waals surface area contributed by atoms with Gasteiger partial charge in [-0.3, -0.25) is 4.99 Å². The van der Waals surface area contributed by atoms with Crippen LogP contribution >= 0.6 is 24.0 Å². The van der Waals surface area contributed by atoms with E-state index in [4.69, 9.17) is 4.74 Å². The van der Waals surface area contributed by atoms with E-state index in [2.05, 4.69) is 41.0 Å². The predicted molar refractivity (Wildman–Crippen MR) is 101 cm³/mol. The molecule has 1 rings (SSSR count). The average molecular weight is 412 g/mol. The van der Waals surface area contributed by atoms with Crippen LogP contribution in [0.1, 0.15) is 20.3 Å². The van der Waals surface area contributed by atoms with Gasteiger partial charge in [0.25, 0.3) is 0 Å². The summed E-state index contributed by atoms with van der Waals surface area (Å²) in [7, 11) is 5.74. The highest BCUT2D eigenvalue weighted by Crippen LogP contribution is 2.20. The maximum Gasteiger partial charge on any atom is 0.193 e. The minimum Gasteiger partial charge on any atom is -0.383 e. The van der Waals surface area contributed by atoms with Gasteiger partial charge in [0.2, 0.25) is 0 Å². The van der Waals surface area contributed by atoms with E-state index in [0.29, 0.717) is 0 Å². The van der Waals surface area contributed by atoms with Crippen molar-refractivity contribution in [2.75, 3.05) is 60.5 Å². The van der Waals surface area contributed by atoms with E-state index < -0.39 is 0 Å². The van der Waals surface area contributed by atoms with Crippen LogP contribution in [0.5, 0.6) is 0 Å². The lowest BCUT2D eigenvalue weighted by atomic mass is 9.92. The van der Waals surface area contributed by atoms with Crippen molar-refractivity contribution in [1.29, 1.82) is 0 Å². The van der Waals surface area contributed by atoms with Gasteiger partial charge in [-0.15, -0.1) is 24.0 Å². The summed E-state index contributed by atoms with van der Waals surface area (Å²) in [5.41, 5.74) is 0. The van der Waals surface area contributed by atoms with Gasteiger partial charge in [-0.25, -0.2) is 0 Å². The first-order valence-electron chi connectivity index (χ1n) is 7.69. The van der Waals surface area contributed by atoms with Crippen molar-refractivity contribution in [2.45, 2.75) is 20.3 Å². The normalized spacial score (nSPS) is 23.1. The van der Waals surface area contributed by atoms with E-state index in [-0.39, 0.29) is 24.0 Å². The van der Waals surface area contributed by atoms with Crippen LogP contribution in [-0.4, -0.2) is 76.3 Å². The number of likely N-dealkylation sites (tertiary alicyclic amines) is 1. The molecule has 1 aliphatic rings. The first kappa shape index (κ1) is 20.9. The Hall–Kier alpha value is -0.0800. The van der Waals surface area contributed by atoms with E-state index in [1.165, 1.54) is 6.42 Å². The molecule has 0 saturated carbocycles. The number of hydrogen-bond acceptors (Lipinski definition) is 3. The standard InChI is InChI=1S/C15H32N4O.HI/c1-13-10-14(2)12-19(11-13)15(16-3)17-6-7-18(4)8-9-20-5;/h13-14H,6-12H2,1-5H3,(H,16,17);1H. The van der Waals surface area contributed by atoms with Crippen LogP contribution in [0.2, 0.25) is 0 Å². The molecule has 1 fully saturated rings. The van der Waals surface area contributed by atoms with Crippen LogP contribution in [0.3, 0.4) is 0 Å². The summed E-state index contributed by atoms with van der Waals surface area (Å²) in [5, 5.41) is 3.48. The van der Waals surface area contributed by atoms with Crippen LogP contribution in [0, 0.1) is 11.8 Å². The number of guanidine groups is 1. The zero-order valence-electron chi connectivity index (χ0n) is 14.3. The maximum absolute atomic E-state index is 5.09. The third-order valence-corrected chi connectivity index (χ3v) is 3.83. The topological polar surface area (TPSA) is 40.1 Å². The highest BCUT2D eigenvalue weighted by atomic mass is 127. The van der Waals surface area contributed by atoms with Crippen molar-refractivity contribution < 1.29 is 4.74 Å².